The van der Waals surface area contributed by atoms with Crippen molar-refractivity contribution in [2.45, 2.75) is 46.5 Å². The average Bonchev–Trinajstić information content (AvgIpc) is 2.25. The van der Waals surface area contributed by atoms with Crippen LogP contribution in [0.15, 0.2) is 18.2 Å². The number of benzene rings is 1. The van der Waals surface area contributed by atoms with Crippen molar-refractivity contribution >= 4 is 5.69 Å². The zero-order valence-corrected chi connectivity index (χ0v) is 12.3. The summed E-state index contributed by atoms with van der Waals surface area (Å²) in [6, 6.07) is 6.55. The van der Waals surface area contributed by atoms with Crippen LogP contribution in [0.1, 0.15) is 46.6 Å². The molecule has 100 valence electrons. The molecule has 0 spiro atoms. The minimum Gasteiger partial charge on any atom is -0.490 e. The molecule has 1 aromatic carbocycles. The molecule has 1 N–H and O–H groups in total. The molecule has 0 amide bonds. The smallest absolute Gasteiger partial charge is 0.142 e. The van der Waals surface area contributed by atoms with Gasteiger partial charge in [0.1, 0.15) is 12.4 Å². The fourth-order valence-corrected chi connectivity index (χ4v) is 2.99. The molecule has 0 aliphatic carbocycles. The monoisotopic (exact) mass is 247 g/mol. The van der Waals surface area contributed by atoms with Gasteiger partial charge in [-0.3, -0.25) is 0 Å². The highest BCUT2D eigenvalue weighted by Gasteiger charge is 2.28. The Kier molecular flexibility index (Phi) is 3.31. The van der Waals surface area contributed by atoms with Crippen LogP contribution in [0.2, 0.25) is 0 Å². The second-order valence-corrected chi connectivity index (χ2v) is 7.11. The SMILES string of the molecule is CC(C)(C)CC(C)(C)c1ccc2c(c1)NCCO2. The fourth-order valence-electron chi connectivity index (χ4n) is 2.99. The van der Waals surface area contributed by atoms with Gasteiger partial charge in [-0.15, -0.1) is 0 Å². The number of anilines is 1. The Hall–Kier alpha value is -1.18. The van der Waals surface area contributed by atoms with Gasteiger partial charge in [0.25, 0.3) is 0 Å². The molecule has 0 atom stereocenters. The normalized spacial score (nSPS) is 15.6. The van der Waals surface area contributed by atoms with Crippen LogP contribution in [0.4, 0.5) is 5.69 Å². The molecule has 0 fully saturated rings. The second-order valence-electron chi connectivity index (χ2n) is 7.11. The van der Waals surface area contributed by atoms with Crippen molar-refractivity contribution in [2.24, 2.45) is 5.41 Å². The van der Waals surface area contributed by atoms with Crippen molar-refractivity contribution in [3.63, 3.8) is 0 Å². The van der Waals surface area contributed by atoms with E-state index in [2.05, 4.69) is 58.1 Å². The van der Waals surface area contributed by atoms with Crippen LogP contribution in [0.5, 0.6) is 5.75 Å². The van der Waals surface area contributed by atoms with E-state index in [1.807, 2.05) is 0 Å². The highest BCUT2D eigenvalue weighted by atomic mass is 16.5. The minimum absolute atomic E-state index is 0.187. The molecule has 2 heteroatoms. The quantitative estimate of drug-likeness (QED) is 0.845. The zero-order chi connectivity index (χ0) is 13.4. The maximum absolute atomic E-state index is 5.63. The highest BCUT2D eigenvalue weighted by molar-refractivity contribution is 5.60. The van der Waals surface area contributed by atoms with Crippen molar-refractivity contribution in [1.82, 2.24) is 0 Å². The summed E-state index contributed by atoms with van der Waals surface area (Å²) < 4.78 is 5.63. The molecule has 18 heavy (non-hydrogen) atoms. The van der Waals surface area contributed by atoms with Crippen LogP contribution in [-0.2, 0) is 5.41 Å². The lowest BCUT2D eigenvalue weighted by Crippen LogP contribution is -2.25. The third-order valence-corrected chi connectivity index (χ3v) is 3.41. The molecular formula is C16H25NO. The van der Waals surface area contributed by atoms with Gasteiger partial charge < -0.3 is 10.1 Å². The maximum atomic E-state index is 5.63. The average molecular weight is 247 g/mol. The van der Waals surface area contributed by atoms with Gasteiger partial charge >= 0.3 is 0 Å². The van der Waals surface area contributed by atoms with Gasteiger partial charge in [0.05, 0.1) is 5.69 Å². The van der Waals surface area contributed by atoms with Gasteiger partial charge in [0.2, 0.25) is 0 Å². The van der Waals surface area contributed by atoms with E-state index in [0.29, 0.717) is 5.41 Å². The molecule has 1 aliphatic rings. The topological polar surface area (TPSA) is 21.3 Å². The first kappa shape index (κ1) is 13.3. The molecule has 0 aromatic heterocycles. The van der Waals surface area contributed by atoms with E-state index in [-0.39, 0.29) is 5.41 Å². The molecular weight excluding hydrogens is 222 g/mol. The summed E-state index contributed by atoms with van der Waals surface area (Å²) in [5.41, 5.74) is 3.05. The largest absolute Gasteiger partial charge is 0.490 e. The van der Waals surface area contributed by atoms with E-state index in [0.717, 1.165) is 24.6 Å². The van der Waals surface area contributed by atoms with E-state index in [9.17, 15) is 0 Å². The number of hydrogen-bond acceptors (Lipinski definition) is 2. The van der Waals surface area contributed by atoms with Gasteiger partial charge in [-0.25, -0.2) is 0 Å². The lowest BCUT2D eigenvalue weighted by atomic mass is 9.72. The van der Waals surface area contributed by atoms with E-state index in [1.54, 1.807) is 0 Å². The van der Waals surface area contributed by atoms with E-state index < -0.39 is 0 Å². The molecule has 0 bridgehead atoms. The molecule has 2 rings (SSSR count). The standard InChI is InChI=1S/C16H25NO/c1-15(2,3)11-16(4,5)12-6-7-14-13(10-12)17-8-9-18-14/h6-7,10,17H,8-9,11H2,1-5H3. The highest BCUT2D eigenvalue weighted by Crippen LogP contribution is 2.39. The number of nitrogens with one attached hydrogen (secondary N) is 1. The summed E-state index contributed by atoms with van der Waals surface area (Å²) in [6.07, 6.45) is 1.17. The van der Waals surface area contributed by atoms with Crippen LogP contribution < -0.4 is 10.1 Å². The van der Waals surface area contributed by atoms with E-state index in [1.165, 1.54) is 12.0 Å². The number of rotatable bonds is 2. The van der Waals surface area contributed by atoms with Crippen molar-refractivity contribution < 1.29 is 4.74 Å². The number of fused-ring (bicyclic) bond motifs is 1. The predicted molar refractivity (Wildman–Crippen MR) is 77.5 cm³/mol. The van der Waals surface area contributed by atoms with Gasteiger partial charge in [-0.1, -0.05) is 40.7 Å². The minimum atomic E-state index is 0.187. The number of hydrogen-bond donors (Lipinski definition) is 1. The summed E-state index contributed by atoms with van der Waals surface area (Å²) in [5.74, 6) is 0.983. The molecule has 0 radical (unpaired) electrons. The number of ether oxygens (including phenoxy) is 1. The van der Waals surface area contributed by atoms with Crippen molar-refractivity contribution in [3.8, 4) is 5.75 Å². The molecule has 1 heterocycles. The Morgan fingerprint density at radius 1 is 1.17 bits per heavy atom. The van der Waals surface area contributed by atoms with Crippen molar-refractivity contribution in [2.75, 3.05) is 18.5 Å². The first-order chi connectivity index (χ1) is 8.28. The summed E-state index contributed by atoms with van der Waals surface area (Å²) in [4.78, 5) is 0. The van der Waals surface area contributed by atoms with Gasteiger partial charge in [0, 0.05) is 6.54 Å². The fraction of sp³-hybridized carbons (Fsp3) is 0.625. The first-order valence-electron chi connectivity index (χ1n) is 6.79. The summed E-state index contributed by atoms with van der Waals surface area (Å²) in [5, 5.41) is 3.41. The summed E-state index contributed by atoms with van der Waals surface area (Å²) >= 11 is 0. The Labute approximate surface area is 111 Å². The van der Waals surface area contributed by atoms with Crippen LogP contribution >= 0.6 is 0 Å². The van der Waals surface area contributed by atoms with Crippen LogP contribution in [0, 0.1) is 5.41 Å². The second kappa shape index (κ2) is 4.49. The van der Waals surface area contributed by atoms with E-state index in [4.69, 9.17) is 4.74 Å². The lowest BCUT2D eigenvalue weighted by molar-refractivity contribution is 0.283. The molecule has 1 aromatic rings. The summed E-state index contributed by atoms with van der Waals surface area (Å²) in [6.45, 7) is 13.2. The van der Waals surface area contributed by atoms with Gasteiger partial charge in [-0.2, -0.15) is 0 Å². The maximum Gasteiger partial charge on any atom is 0.142 e. The zero-order valence-electron chi connectivity index (χ0n) is 12.3. The van der Waals surface area contributed by atoms with E-state index >= 15 is 0 Å². The van der Waals surface area contributed by atoms with Gasteiger partial charge in [-0.05, 0) is 34.9 Å². The molecule has 2 nitrogen and oxygen atoms in total. The molecule has 0 saturated heterocycles. The third-order valence-electron chi connectivity index (χ3n) is 3.41. The van der Waals surface area contributed by atoms with Crippen molar-refractivity contribution in [3.05, 3.63) is 23.8 Å². The predicted octanol–water partition coefficient (Wildman–Crippen LogP) is 4.20. The first-order valence-corrected chi connectivity index (χ1v) is 6.79. The Balaban J connectivity index is 2.27. The molecule has 1 aliphatic heterocycles. The Morgan fingerprint density at radius 2 is 1.89 bits per heavy atom. The molecule has 0 unspecified atom stereocenters. The van der Waals surface area contributed by atoms with Crippen LogP contribution in [-0.4, -0.2) is 13.2 Å². The Morgan fingerprint density at radius 3 is 2.56 bits per heavy atom. The Bertz CT molecular complexity index is 429. The van der Waals surface area contributed by atoms with Crippen LogP contribution in [0.3, 0.4) is 0 Å². The molecule has 0 saturated carbocycles. The third kappa shape index (κ3) is 2.98. The lowest BCUT2D eigenvalue weighted by Gasteiger charge is -2.34. The van der Waals surface area contributed by atoms with Crippen LogP contribution in [0.25, 0.3) is 0 Å². The van der Waals surface area contributed by atoms with Gasteiger partial charge in [0.15, 0.2) is 0 Å². The summed E-state index contributed by atoms with van der Waals surface area (Å²) in [7, 11) is 0. The van der Waals surface area contributed by atoms with Crippen molar-refractivity contribution in [1.29, 1.82) is 0 Å².